The molecule has 0 unspecified atom stereocenters. The Morgan fingerprint density at radius 1 is 1.24 bits per heavy atom. The quantitative estimate of drug-likeness (QED) is 0.782. The number of methoxy groups -OCH3 is 1. The highest BCUT2D eigenvalue weighted by Crippen LogP contribution is 2.27. The summed E-state index contributed by atoms with van der Waals surface area (Å²) in [7, 11) is -2.20. The summed E-state index contributed by atoms with van der Waals surface area (Å²) < 4.78 is 38.2. The van der Waals surface area contributed by atoms with E-state index in [0.717, 1.165) is 12.8 Å². The number of benzene rings is 1. The molecule has 0 aliphatic heterocycles. The summed E-state index contributed by atoms with van der Waals surface area (Å²) in [5, 5.41) is 0.145. The predicted octanol–water partition coefficient (Wildman–Crippen LogP) is 3.14. The number of sulfonamides is 1. The molecule has 1 fully saturated rings. The molecule has 1 aliphatic rings. The van der Waals surface area contributed by atoms with Gasteiger partial charge in [-0.15, -0.1) is 0 Å². The van der Waals surface area contributed by atoms with E-state index in [9.17, 15) is 13.2 Å². The molecular formula is C17H24ClNO5S. The summed E-state index contributed by atoms with van der Waals surface area (Å²) in [6, 6.07) is 3.99. The van der Waals surface area contributed by atoms with Gasteiger partial charge in [0.1, 0.15) is 6.10 Å². The Hall–Kier alpha value is -1.15. The number of carbonyl (C=O) groups excluding carboxylic acids is 1. The third-order valence-corrected chi connectivity index (χ3v) is 5.95. The first-order valence-corrected chi connectivity index (χ1v) is 9.97. The summed E-state index contributed by atoms with van der Waals surface area (Å²) in [5.41, 5.74) is -0.616. The second-order valence-electron chi connectivity index (χ2n) is 7.15. The van der Waals surface area contributed by atoms with Gasteiger partial charge in [0.2, 0.25) is 10.0 Å². The van der Waals surface area contributed by atoms with Crippen molar-refractivity contribution in [1.29, 1.82) is 0 Å². The second kappa shape index (κ2) is 7.61. The van der Waals surface area contributed by atoms with Crippen LogP contribution in [0.4, 0.5) is 0 Å². The average Bonchev–Trinajstić information content (AvgIpc) is 2.92. The number of rotatable bonds is 5. The summed E-state index contributed by atoms with van der Waals surface area (Å²) in [5.74, 6) is -0.647. The molecule has 0 saturated heterocycles. The largest absolute Gasteiger partial charge is 0.456 e. The van der Waals surface area contributed by atoms with Crippen molar-refractivity contribution in [3.8, 4) is 0 Å². The van der Waals surface area contributed by atoms with E-state index in [4.69, 9.17) is 21.1 Å². The molecule has 25 heavy (non-hydrogen) atoms. The van der Waals surface area contributed by atoms with Crippen LogP contribution in [0.5, 0.6) is 0 Å². The fraction of sp³-hybridized carbons (Fsp3) is 0.588. The molecule has 0 heterocycles. The first kappa shape index (κ1) is 20.2. The fourth-order valence-electron chi connectivity index (χ4n) is 2.79. The van der Waals surface area contributed by atoms with Crippen LogP contribution in [0.1, 0.15) is 50.4 Å². The van der Waals surface area contributed by atoms with Crippen molar-refractivity contribution in [3.63, 3.8) is 0 Å². The maximum Gasteiger partial charge on any atom is 0.340 e. The van der Waals surface area contributed by atoms with E-state index in [1.165, 1.54) is 18.2 Å². The van der Waals surface area contributed by atoms with Gasteiger partial charge < -0.3 is 9.47 Å². The van der Waals surface area contributed by atoms with Crippen molar-refractivity contribution in [3.05, 3.63) is 28.8 Å². The maximum absolute atomic E-state index is 12.5. The van der Waals surface area contributed by atoms with Gasteiger partial charge in [-0.25, -0.2) is 17.9 Å². The summed E-state index contributed by atoms with van der Waals surface area (Å²) >= 11 is 6.08. The fourth-order valence-corrected chi connectivity index (χ4v) is 4.43. The van der Waals surface area contributed by atoms with Gasteiger partial charge in [0, 0.05) is 12.6 Å². The van der Waals surface area contributed by atoms with Gasteiger partial charge in [-0.05, 0) is 58.2 Å². The van der Waals surface area contributed by atoms with Gasteiger partial charge in [-0.2, -0.15) is 0 Å². The van der Waals surface area contributed by atoms with Crippen LogP contribution in [0.15, 0.2) is 23.1 Å². The van der Waals surface area contributed by atoms with E-state index < -0.39 is 21.5 Å². The molecule has 8 heteroatoms. The molecule has 0 aromatic heterocycles. The maximum atomic E-state index is 12.5. The Morgan fingerprint density at radius 3 is 2.48 bits per heavy atom. The molecular weight excluding hydrogens is 366 g/mol. The lowest BCUT2D eigenvalue weighted by Gasteiger charge is -2.21. The SMILES string of the molecule is CO[C@@H]1CCC[C@H]1OC(=O)c1cc(S(=O)(=O)NC(C)(C)C)ccc1Cl. The van der Waals surface area contributed by atoms with Crippen LogP contribution < -0.4 is 4.72 Å². The third-order valence-electron chi connectivity index (χ3n) is 3.86. The van der Waals surface area contributed by atoms with E-state index in [-0.39, 0.29) is 27.7 Å². The van der Waals surface area contributed by atoms with E-state index in [1.807, 2.05) is 0 Å². The highest BCUT2D eigenvalue weighted by Gasteiger charge is 2.32. The zero-order valence-corrected chi connectivity index (χ0v) is 16.4. The van der Waals surface area contributed by atoms with E-state index in [1.54, 1.807) is 27.9 Å². The van der Waals surface area contributed by atoms with E-state index >= 15 is 0 Å². The molecule has 0 bridgehead atoms. The molecule has 6 nitrogen and oxygen atoms in total. The van der Waals surface area contributed by atoms with Crippen molar-refractivity contribution in [1.82, 2.24) is 4.72 Å². The smallest absolute Gasteiger partial charge is 0.340 e. The Labute approximate surface area is 153 Å². The van der Waals surface area contributed by atoms with Gasteiger partial charge in [-0.1, -0.05) is 11.6 Å². The zero-order valence-electron chi connectivity index (χ0n) is 14.8. The Morgan fingerprint density at radius 2 is 1.88 bits per heavy atom. The third kappa shape index (κ3) is 5.17. The summed E-state index contributed by atoms with van der Waals surface area (Å²) in [4.78, 5) is 12.4. The van der Waals surface area contributed by atoms with Gasteiger partial charge >= 0.3 is 5.97 Å². The average molecular weight is 390 g/mol. The Kier molecular flexibility index (Phi) is 6.14. The van der Waals surface area contributed by atoms with Crippen LogP contribution in [0, 0.1) is 0 Å². The minimum atomic E-state index is -3.77. The molecule has 0 radical (unpaired) electrons. The number of carbonyl (C=O) groups is 1. The molecule has 1 N–H and O–H groups in total. The molecule has 0 amide bonds. The molecule has 1 aliphatic carbocycles. The van der Waals surface area contributed by atoms with Gasteiger partial charge in [0.05, 0.1) is 21.6 Å². The Bertz CT molecular complexity index is 742. The summed E-state index contributed by atoms with van der Waals surface area (Å²) in [6.07, 6.45) is 1.96. The van der Waals surface area contributed by atoms with Crippen LogP contribution in [0.3, 0.4) is 0 Å². The number of halogens is 1. The van der Waals surface area contributed by atoms with Crippen molar-refractivity contribution in [2.75, 3.05) is 7.11 Å². The number of nitrogens with one attached hydrogen (secondary N) is 1. The van der Waals surface area contributed by atoms with Crippen molar-refractivity contribution in [2.24, 2.45) is 0 Å². The van der Waals surface area contributed by atoms with E-state index in [0.29, 0.717) is 6.42 Å². The van der Waals surface area contributed by atoms with Crippen molar-refractivity contribution < 1.29 is 22.7 Å². The van der Waals surface area contributed by atoms with Crippen LogP contribution in [-0.4, -0.2) is 39.2 Å². The first-order valence-electron chi connectivity index (χ1n) is 8.11. The number of esters is 1. The topological polar surface area (TPSA) is 81.7 Å². The lowest BCUT2D eigenvalue weighted by molar-refractivity contribution is -0.0206. The van der Waals surface area contributed by atoms with Crippen molar-refractivity contribution in [2.45, 2.75) is 62.7 Å². The minimum absolute atomic E-state index is 0.0280. The lowest BCUT2D eigenvalue weighted by atomic mass is 10.1. The molecule has 140 valence electrons. The monoisotopic (exact) mass is 389 g/mol. The van der Waals surface area contributed by atoms with E-state index in [2.05, 4.69) is 4.72 Å². The lowest BCUT2D eigenvalue weighted by Crippen LogP contribution is -2.40. The predicted molar refractivity (Wildman–Crippen MR) is 95.4 cm³/mol. The molecule has 1 aromatic rings. The first-order chi connectivity index (χ1) is 11.5. The van der Waals surface area contributed by atoms with Crippen LogP contribution in [0.25, 0.3) is 0 Å². The van der Waals surface area contributed by atoms with Crippen LogP contribution in [-0.2, 0) is 19.5 Å². The van der Waals surface area contributed by atoms with Crippen LogP contribution in [0.2, 0.25) is 5.02 Å². The number of ether oxygens (including phenoxy) is 2. The van der Waals surface area contributed by atoms with Crippen LogP contribution >= 0.6 is 11.6 Å². The second-order valence-corrected chi connectivity index (χ2v) is 9.24. The minimum Gasteiger partial charge on any atom is -0.456 e. The Balaban J connectivity index is 2.25. The molecule has 1 saturated carbocycles. The van der Waals surface area contributed by atoms with Gasteiger partial charge in [-0.3, -0.25) is 0 Å². The van der Waals surface area contributed by atoms with Crippen molar-refractivity contribution >= 4 is 27.6 Å². The highest BCUT2D eigenvalue weighted by atomic mass is 35.5. The standard InChI is InChI=1S/C17H24ClNO5S/c1-17(2,3)19-25(21,22)11-8-9-13(18)12(10-11)16(20)24-15-7-5-6-14(15)23-4/h8-10,14-15,19H,5-7H2,1-4H3/t14-,15-/m1/s1. The zero-order chi connectivity index (χ0) is 18.8. The normalized spacial score (nSPS) is 21.3. The molecule has 2 rings (SSSR count). The highest BCUT2D eigenvalue weighted by molar-refractivity contribution is 7.89. The van der Waals surface area contributed by atoms with Gasteiger partial charge in [0.15, 0.2) is 0 Å². The number of hydrogen-bond donors (Lipinski definition) is 1. The van der Waals surface area contributed by atoms with Gasteiger partial charge in [0.25, 0.3) is 0 Å². The molecule has 2 atom stereocenters. The molecule has 1 aromatic carbocycles. The number of hydrogen-bond acceptors (Lipinski definition) is 5. The summed E-state index contributed by atoms with van der Waals surface area (Å²) in [6.45, 7) is 5.21. The molecule has 0 spiro atoms.